The molecule has 0 N–H and O–H groups in total. The van der Waals surface area contributed by atoms with E-state index in [4.69, 9.17) is 7.57 Å². The molecule has 2 aromatic rings. The second-order valence-electron chi connectivity index (χ2n) is 8.76. The third-order valence-electron chi connectivity index (χ3n) is 5.53. The summed E-state index contributed by atoms with van der Waals surface area (Å²) >= 11 is 0. The zero-order valence-corrected chi connectivity index (χ0v) is 18.4. The number of hydrogen-bond donors (Lipinski definition) is 0. The molecule has 1 unspecified atom stereocenters. The highest BCUT2D eigenvalue weighted by molar-refractivity contribution is 8.04. The summed E-state index contributed by atoms with van der Waals surface area (Å²) < 4.78 is 0. The molecule has 0 aliphatic carbocycles. The summed E-state index contributed by atoms with van der Waals surface area (Å²) in [5.41, 5.74) is 5.28. The number of hydrogen-bond acceptors (Lipinski definition) is 2. The Labute approximate surface area is 167 Å². The zero-order chi connectivity index (χ0) is 19.8. The minimum absolute atomic E-state index is 0.0469. The van der Waals surface area contributed by atoms with E-state index in [0.29, 0.717) is 0 Å². The van der Waals surface area contributed by atoms with Gasteiger partial charge in [0.25, 0.3) is 0 Å². The van der Waals surface area contributed by atoms with Crippen LogP contribution in [-0.4, -0.2) is 30.6 Å². The lowest BCUT2D eigenvalue weighted by atomic mass is 10.0. The SMILES string of the molecule is [B][P+](CN1C=CN(c2c(C)cc(C)cc2C)C1)(c1ccccc1)C(C)(C)C. The number of nitrogens with zero attached hydrogens (tertiary/aromatic N) is 2. The Bertz CT molecular complexity index is 818. The Morgan fingerprint density at radius 1 is 0.963 bits per heavy atom. The predicted molar refractivity (Wildman–Crippen MR) is 122 cm³/mol. The highest BCUT2D eigenvalue weighted by atomic mass is 31.2. The quantitative estimate of drug-likeness (QED) is 0.524. The van der Waals surface area contributed by atoms with E-state index in [0.717, 1.165) is 13.0 Å². The van der Waals surface area contributed by atoms with Gasteiger partial charge in [-0.25, -0.2) is 0 Å². The van der Waals surface area contributed by atoms with E-state index in [9.17, 15) is 0 Å². The predicted octanol–water partition coefficient (Wildman–Crippen LogP) is 5.35. The van der Waals surface area contributed by atoms with Crippen LogP contribution in [0.1, 0.15) is 37.5 Å². The van der Waals surface area contributed by atoms with Crippen LogP contribution in [0, 0.1) is 20.8 Å². The van der Waals surface area contributed by atoms with Crippen molar-refractivity contribution in [2.75, 3.05) is 17.9 Å². The van der Waals surface area contributed by atoms with Gasteiger partial charge >= 0.3 is 7.57 Å². The fraction of sp³-hybridized carbons (Fsp3) is 0.391. The van der Waals surface area contributed by atoms with Crippen LogP contribution in [0.5, 0.6) is 0 Å². The summed E-state index contributed by atoms with van der Waals surface area (Å²) in [4.78, 5) is 4.73. The highest BCUT2D eigenvalue weighted by Crippen LogP contribution is 2.64. The van der Waals surface area contributed by atoms with Crippen molar-refractivity contribution in [2.45, 2.75) is 46.7 Å². The Morgan fingerprint density at radius 2 is 1.56 bits per heavy atom. The Balaban J connectivity index is 1.84. The molecule has 3 rings (SSSR count). The van der Waals surface area contributed by atoms with Crippen molar-refractivity contribution in [3.8, 4) is 0 Å². The number of rotatable bonds is 4. The number of anilines is 1. The molecule has 0 amide bonds. The normalized spacial score (nSPS) is 16.7. The van der Waals surface area contributed by atoms with Crippen LogP contribution >= 0.6 is 7.14 Å². The molecule has 0 spiro atoms. The largest absolute Gasteiger partial charge is 0.373 e. The topological polar surface area (TPSA) is 6.48 Å². The Morgan fingerprint density at radius 3 is 2.11 bits per heavy atom. The van der Waals surface area contributed by atoms with E-state index >= 15 is 0 Å². The first kappa shape index (κ1) is 20.0. The van der Waals surface area contributed by atoms with E-state index < -0.39 is 7.14 Å². The lowest BCUT2D eigenvalue weighted by Crippen LogP contribution is -2.37. The summed E-state index contributed by atoms with van der Waals surface area (Å²) in [6.45, 7) is 14.2. The van der Waals surface area contributed by atoms with E-state index in [2.05, 4.69) is 106 Å². The van der Waals surface area contributed by atoms with Gasteiger partial charge < -0.3 is 9.80 Å². The standard InChI is InChI=1S/C23H31BN2P/c1-18-14-19(2)22(20(3)15-18)26-13-12-25(16-26)17-27(24,23(4,5)6)21-10-8-7-9-11-21/h7-15H,16-17H2,1-6H3/q+1. The molecular weight excluding hydrogens is 346 g/mol. The molecular formula is C23H31BN2P+. The Kier molecular flexibility index (Phi) is 5.46. The van der Waals surface area contributed by atoms with Gasteiger partial charge in [-0.1, -0.05) is 35.9 Å². The van der Waals surface area contributed by atoms with Crippen LogP contribution in [0.15, 0.2) is 54.9 Å². The molecule has 1 aliphatic rings. The molecule has 0 fully saturated rings. The Hall–Kier alpha value is -1.73. The minimum Gasteiger partial charge on any atom is -0.328 e. The van der Waals surface area contributed by atoms with Crippen LogP contribution in [-0.2, 0) is 0 Å². The zero-order valence-electron chi connectivity index (χ0n) is 17.5. The second kappa shape index (κ2) is 7.36. The van der Waals surface area contributed by atoms with Gasteiger partial charge in [0.1, 0.15) is 6.29 Å². The first-order chi connectivity index (χ1) is 12.6. The molecule has 0 saturated carbocycles. The van der Waals surface area contributed by atoms with Gasteiger partial charge in [-0.15, -0.1) is 0 Å². The van der Waals surface area contributed by atoms with Crippen molar-refractivity contribution in [1.29, 1.82) is 0 Å². The van der Waals surface area contributed by atoms with Gasteiger partial charge in [-0.3, -0.25) is 0 Å². The average Bonchev–Trinajstić information content (AvgIpc) is 3.01. The van der Waals surface area contributed by atoms with Crippen LogP contribution in [0.25, 0.3) is 0 Å². The molecule has 2 nitrogen and oxygen atoms in total. The third kappa shape index (κ3) is 3.94. The maximum atomic E-state index is 7.16. The number of benzene rings is 2. The molecule has 0 saturated heterocycles. The molecule has 4 heteroatoms. The van der Waals surface area contributed by atoms with Crippen LogP contribution < -0.4 is 10.2 Å². The van der Waals surface area contributed by atoms with Crippen molar-refractivity contribution in [3.05, 3.63) is 71.6 Å². The van der Waals surface area contributed by atoms with Crippen LogP contribution in [0.4, 0.5) is 5.69 Å². The maximum Gasteiger partial charge on any atom is 0.373 e. The van der Waals surface area contributed by atoms with Gasteiger partial charge in [-0.05, 0) is 64.8 Å². The number of aryl methyl sites for hydroxylation is 3. The van der Waals surface area contributed by atoms with E-state index in [-0.39, 0.29) is 5.16 Å². The van der Waals surface area contributed by atoms with Gasteiger partial charge in [-0.2, -0.15) is 0 Å². The van der Waals surface area contributed by atoms with Gasteiger partial charge in [0, 0.05) is 25.2 Å². The van der Waals surface area contributed by atoms with Crippen molar-refractivity contribution in [3.63, 3.8) is 0 Å². The fourth-order valence-electron chi connectivity index (χ4n) is 3.99. The van der Waals surface area contributed by atoms with Crippen LogP contribution in [0.2, 0.25) is 0 Å². The minimum atomic E-state index is -1.86. The molecule has 27 heavy (non-hydrogen) atoms. The van der Waals surface area contributed by atoms with Gasteiger partial charge in [0.2, 0.25) is 0 Å². The lowest BCUT2D eigenvalue weighted by molar-refractivity contribution is 0.469. The monoisotopic (exact) mass is 377 g/mol. The molecule has 2 radical (unpaired) electrons. The molecule has 1 atom stereocenters. The molecule has 1 heterocycles. The molecule has 0 bridgehead atoms. The van der Waals surface area contributed by atoms with Crippen LogP contribution in [0.3, 0.4) is 0 Å². The van der Waals surface area contributed by atoms with Crippen molar-refractivity contribution in [1.82, 2.24) is 4.90 Å². The summed E-state index contributed by atoms with van der Waals surface area (Å²) in [6, 6.07) is 15.2. The fourth-order valence-corrected chi connectivity index (χ4v) is 6.81. The smallest absolute Gasteiger partial charge is 0.328 e. The van der Waals surface area contributed by atoms with Gasteiger partial charge in [0.05, 0.1) is 17.1 Å². The molecule has 1 aliphatic heterocycles. The van der Waals surface area contributed by atoms with Crippen molar-refractivity contribution in [2.24, 2.45) is 0 Å². The average molecular weight is 377 g/mol. The van der Waals surface area contributed by atoms with Crippen molar-refractivity contribution >= 4 is 25.7 Å². The molecule has 140 valence electrons. The maximum absolute atomic E-state index is 7.16. The van der Waals surface area contributed by atoms with Crippen molar-refractivity contribution < 1.29 is 0 Å². The van der Waals surface area contributed by atoms with E-state index in [1.807, 2.05) is 0 Å². The first-order valence-corrected chi connectivity index (χ1v) is 11.7. The third-order valence-corrected chi connectivity index (χ3v) is 9.96. The lowest BCUT2D eigenvalue weighted by Gasteiger charge is -2.38. The summed E-state index contributed by atoms with van der Waals surface area (Å²) in [6.07, 6.45) is 5.29. The summed E-state index contributed by atoms with van der Waals surface area (Å²) in [5.74, 6) is 0. The van der Waals surface area contributed by atoms with E-state index in [1.54, 1.807) is 0 Å². The van der Waals surface area contributed by atoms with E-state index in [1.165, 1.54) is 27.7 Å². The summed E-state index contributed by atoms with van der Waals surface area (Å²) in [7, 11) is 5.30. The summed E-state index contributed by atoms with van der Waals surface area (Å²) in [5, 5.41) is 1.35. The highest BCUT2D eigenvalue weighted by Gasteiger charge is 2.47. The molecule has 2 aromatic carbocycles. The molecule has 0 aromatic heterocycles. The van der Waals surface area contributed by atoms with Gasteiger partial charge in [0.15, 0.2) is 0 Å². The second-order valence-corrected chi connectivity index (χ2v) is 12.6. The first-order valence-electron chi connectivity index (χ1n) is 9.61.